The Bertz CT molecular complexity index is 1260. The molecule has 2 unspecified atom stereocenters. The molecule has 10 heteroatoms. The summed E-state index contributed by atoms with van der Waals surface area (Å²) in [5, 5.41) is 22.3. The molecule has 182 valence electrons. The summed E-state index contributed by atoms with van der Waals surface area (Å²) in [6.07, 6.45) is 4.16. The van der Waals surface area contributed by atoms with Crippen LogP contribution in [0.25, 0.3) is 0 Å². The smallest absolute Gasteiger partial charge is 0.235 e. The fraction of sp³-hybridized carbons (Fsp3) is 0.360. The van der Waals surface area contributed by atoms with Gasteiger partial charge in [0.15, 0.2) is 17.1 Å². The van der Waals surface area contributed by atoms with Crippen LogP contribution in [0.1, 0.15) is 48.2 Å². The summed E-state index contributed by atoms with van der Waals surface area (Å²) in [4.78, 5) is 13.9. The molecule has 1 aliphatic carbocycles. The van der Waals surface area contributed by atoms with Crippen molar-refractivity contribution in [3.63, 3.8) is 0 Å². The number of nitriles is 1. The molecule has 0 aliphatic heterocycles. The van der Waals surface area contributed by atoms with Crippen LogP contribution in [0.5, 0.6) is 5.75 Å². The van der Waals surface area contributed by atoms with Gasteiger partial charge in [-0.25, -0.2) is 4.39 Å². The Morgan fingerprint density at radius 2 is 2.23 bits per heavy atom. The summed E-state index contributed by atoms with van der Waals surface area (Å²) in [7, 11) is 0. The van der Waals surface area contributed by atoms with Gasteiger partial charge in [0.2, 0.25) is 5.91 Å². The van der Waals surface area contributed by atoms with Gasteiger partial charge in [-0.3, -0.25) is 9.36 Å². The molecule has 0 spiro atoms. The van der Waals surface area contributed by atoms with Crippen molar-refractivity contribution in [3.8, 4) is 11.8 Å². The van der Waals surface area contributed by atoms with Crippen LogP contribution in [0.4, 0.5) is 9.39 Å². The van der Waals surface area contributed by atoms with Gasteiger partial charge in [-0.1, -0.05) is 24.8 Å². The van der Waals surface area contributed by atoms with Crippen molar-refractivity contribution < 1.29 is 13.9 Å². The van der Waals surface area contributed by atoms with Crippen LogP contribution in [0.15, 0.2) is 42.1 Å². The van der Waals surface area contributed by atoms with Gasteiger partial charge in [0.1, 0.15) is 22.6 Å². The first-order valence-corrected chi connectivity index (χ1v) is 13.1. The maximum absolute atomic E-state index is 13.2. The van der Waals surface area contributed by atoms with E-state index >= 15 is 0 Å². The van der Waals surface area contributed by atoms with Crippen molar-refractivity contribution in [2.75, 3.05) is 11.1 Å². The molecule has 0 fully saturated rings. The number of halogens is 1. The molecule has 1 amide bonds. The van der Waals surface area contributed by atoms with Crippen molar-refractivity contribution in [2.24, 2.45) is 5.92 Å². The highest BCUT2D eigenvalue weighted by Crippen LogP contribution is 2.39. The van der Waals surface area contributed by atoms with E-state index in [-0.39, 0.29) is 17.5 Å². The predicted octanol–water partition coefficient (Wildman–Crippen LogP) is 5.53. The number of aromatic nitrogens is 3. The van der Waals surface area contributed by atoms with Crippen LogP contribution in [0, 0.1) is 23.1 Å². The summed E-state index contributed by atoms with van der Waals surface area (Å²) in [6.45, 7) is 8.29. The van der Waals surface area contributed by atoms with Crippen molar-refractivity contribution in [1.29, 1.82) is 5.26 Å². The van der Waals surface area contributed by atoms with Crippen LogP contribution >= 0.6 is 23.1 Å². The highest BCUT2D eigenvalue weighted by atomic mass is 32.2. The molecular weight excluding hydrogens is 485 g/mol. The van der Waals surface area contributed by atoms with Gasteiger partial charge in [-0.15, -0.1) is 28.1 Å². The van der Waals surface area contributed by atoms with E-state index in [0.717, 1.165) is 24.8 Å². The number of amides is 1. The minimum Gasteiger partial charge on any atom is -0.483 e. The summed E-state index contributed by atoms with van der Waals surface area (Å²) in [6, 6.07) is 8.05. The lowest BCUT2D eigenvalue weighted by atomic mass is 9.89. The van der Waals surface area contributed by atoms with Gasteiger partial charge in [0.05, 0.1) is 11.3 Å². The van der Waals surface area contributed by atoms with Crippen LogP contribution in [0.2, 0.25) is 0 Å². The van der Waals surface area contributed by atoms with E-state index in [0.29, 0.717) is 39.8 Å². The van der Waals surface area contributed by atoms with Crippen molar-refractivity contribution in [1.82, 2.24) is 14.8 Å². The first-order valence-electron chi connectivity index (χ1n) is 11.3. The Kier molecular flexibility index (Phi) is 7.88. The summed E-state index contributed by atoms with van der Waals surface area (Å²) >= 11 is 2.77. The van der Waals surface area contributed by atoms with E-state index in [1.807, 2.05) is 11.5 Å². The number of carbonyl (C=O) groups is 1. The predicted molar refractivity (Wildman–Crippen MR) is 135 cm³/mol. The second kappa shape index (κ2) is 11.1. The summed E-state index contributed by atoms with van der Waals surface area (Å²) < 4.78 is 20.9. The fourth-order valence-electron chi connectivity index (χ4n) is 4.03. The Morgan fingerprint density at radius 1 is 1.46 bits per heavy atom. The number of anilines is 1. The maximum Gasteiger partial charge on any atom is 0.235 e. The minimum absolute atomic E-state index is 0.117. The summed E-state index contributed by atoms with van der Waals surface area (Å²) in [5.74, 6) is 1.25. The number of fused-ring (bicyclic) bond motifs is 1. The average Bonchev–Trinajstić information content (AvgIpc) is 3.39. The third-order valence-corrected chi connectivity index (χ3v) is 7.89. The number of allylic oxidation sites excluding steroid dienone is 1. The lowest BCUT2D eigenvalue weighted by molar-refractivity contribution is -0.113. The van der Waals surface area contributed by atoms with Gasteiger partial charge in [-0.05, 0) is 61.9 Å². The largest absolute Gasteiger partial charge is 0.483 e. The maximum atomic E-state index is 13.2. The lowest BCUT2D eigenvalue weighted by Crippen LogP contribution is -2.15. The zero-order valence-electron chi connectivity index (χ0n) is 19.6. The standard InChI is InChI=1S/C25H26FN5O2S2/c1-4-11-31-23(16(3)33-18-8-6-17(26)7-9-18)29-30-25(31)34-14-22(32)28-24-20(13-27)19-10-5-15(2)12-21(19)35-24/h4,6-9,15-16H,1,5,10-12,14H2,2-3H3,(H,28,32). The average molecular weight is 512 g/mol. The van der Waals surface area contributed by atoms with Gasteiger partial charge in [-0.2, -0.15) is 5.26 Å². The van der Waals surface area contributed by atoms with Gasteiger partial charge in [0, 0.05) is 11.4 Å². The number of rotatable bonds is 9. The van der Waals surface area contributed by atoms with Crippen LogP contribution in [0.3, 0.4) is 0 Å². The highest BCUT2D eigenvalue weighted by Gasteiger charge is 2.25. The lowest BCUT2D eigenvalue weighted by Gasteiger charge is -2.17. The molecule has 2 heterocycles. The third-order valence-electron chi connectivity index (χ3n) is 5.76. The zero-order valence-corrected chi connectivity index (χ0v) is 21.2. The molecule has 2 aromatic heterocycles. The zero-order chi connectivity index (χ0) is 24.9. The highest BCUT2D eigenvalue weighted by molar-refractivity contribution is 7.99. The number of carbonyl (C=O) groups excluding carboxylic acids is 1. The van der Waals surface area contributed by atoms with E-state index in [2.05, 4.69) is 35.1 Å². The van der Waals surface area contributed by atoms with Crippen LogP contribution in [-0.2, 0) is 24.2 Å². The van der Waals surface area contributed by atoms with E-state index in [1.54, 1.807) is 18.2 Å². The molecule has 1 N–H and O–H groups in total. The third kappa shape index (κ3) is 5.74. The molecule has 4 rings (SSSR count). The molecular formula is C25H26FN5O2S2. The number of thiophene rings is 1. The normalized spacial score (nSPS) is 15.7. The number of hydrogen-bond donors (Lipinski definition) is 1. The monoisotopic (exact) mass is 511 g/mol. The number of ether oxygens (including phenoxy) is 1. The van der Waals surface area contributed by atoms with Crippen LogP contribution in [-0.4, -0.2) is 26.4 Å². The van der Waals surface area contributed by atoms with E-state index in [1.165, 1.54) is 40.1 Å². The van der Waals surface area contributed by atoms with Crippen molar-refractivity contribution >= 4 is 34.0 Å². The molecule has 0 saturated carbocycles. The van der Waals surface area contributed by atoms with E-state index in [9.17, 15) is 14.4 Å². The van der Waals surface area contributed by atoms with Gasteiger partial charge < -0.3 is 10.1 Å². The Balaban J connectivity index is 1.43. The molecule has 1 aromatic carbocycles. The Morgan fingerprint density at radius 3 is 2.94 bits per heavy atom. The van der Waals surface area contributed by atoms with Gasteiger partial charge in [0.25, 0.3) is 0 Å². The first kappa shape index (κ1) is 24.9. The molecule has 0 radical (unpaired) electrons. The number of thioether (sulfide) groups is 1. The van der Waals surface area contributed by atoms with Gasteiger partial charge >= 0.3 is 0 Å². The van der Waals surface area contributed by atoms with Crippen molar-refractivity contribution in [3.05, 3.63) is 64.6 Å². The molecule has 35 heavy (non-hydrogen) atoms. The second-order valence-electron chi connectivity index (χ2n) is 8.46. The second-order valence-corrected chi connectivity index (χ2v) is 10.5. The minimum atomic E-state index is -0.450. The Labute approximate surface area is 212 Å². The summed E-state index contributed by atoms with van der Waals surface area (Å²) in [5.41, 5.74) is 1.68. The quantitative estimate of drug-likeness (QED) is 0.300. The first-order chi connectivity index (χ1) is 16.9. The Hall–Kier alpha value is -3.16. The molecule has 2 atom stereocenters. The number of hydrogen-bond acceptors (Lipinski definition) is 7. The van der Waals surface area contributed by atoms with Crippen molar-refractivity contribution in [2.45, 2.75) is 50.9 Å². The SMILES string of the molecule is C=CCn1c(SCC(=O)Nc2sc3c(c2C#N)CCC(C)C3)nnc1C(C)Oc1ccc(F)cc1. The molecule has 0 saturated heterocycles. The van der Waals surface area contributed by atoms with E-state index < -0.39 is 6.10 Å². The fourth-order valence-corrected chi connectivity index (χ4v) is 6.16. The molecule has 7 nitrogen and oxygen atoms in total. The van der Waals surface area contributed by atoms with E-state index in [4.69, 9.17) is 4.74 Å². The molecule has 1 aliphatic rings. The number of nitrogens with zero attached hydrogens (tertiary/aromatic N) is 4. The number of benzene rings is 1. The molecule has 3 aromatic rings. The topological polar surface area (TPSA) is 92.8 Å². The van der Waals surface area contributed by atoms with Crippen LogP contribution < -0.4 is 10.1 Å². The number of nitrogens with one attached hydrogen (secondary N) is 1. The molecule has 0 bridgehead atoms.